The highest BCUT2D eigenvalue weighted by Crippen LogP contribution is 2.33. The minimum absolute atomic E-state index is 0.0792. The third kappa shape index (κ3) is 4.89. The van der Waals surface area contributed by atoms with Crippen LogP contribution in [-0.4, -0.2) is 39.9 Å². The van der Waals surface area contributed by atoms with Gasteiger partial charge in [-0.3, -0.25) is 4.79 Å². The number of methoxy groups -OCH3 is 2. The van der Waals surface area contributed by atoms with Crippen molar-refractivity contribution >= 4 is 17.2 Å². The van der Waals surface area contributed by atoms with E-state index in [1.54, 1.807) is 25.2 Å². The van der Waals surface area contributed by atoms with Crippen LogP contribution < -0.4 is 14.8 Å². The van der Waals surface area contributed by atoms with E-state index in [9.17, 15) is 4.79 Å². The summed E-state index contributed by atoms with van der Waals surface area (Å²) in [6.45, 7) is 0.448. The molecular formula is C22H21N5O3S. The number of nitrogens with one attached hydrogen (secondary N) is 1. The molecule has 0 bridgehead atoms. The van der Waals surface area contributed by atoms with Crippen molar-refractivity contribution in [3.8, 4) is 27.8 Å². The number of aromatic nitrogens is 4. The van der Waals surface area contributed by atoms with Gasteiger partial charge in [-0.1, -0.05) is 12.1 Å². The molecule has 1 N–H and O–H groups in total. The van der Waals surface area contributed by atoms with Gasteiger partial charge >= 0.3 is 0 Å². The highest BCUT2D eigenvalue weighted by Gasteiger charge is 2.12. The summed E-state index contributed by atoms with van der Waals surface area (Å²) in [5.74, 6) is 1.23. The van der Waals surface area contributed by atoms with Crippen LogP contribution in [-0.2, 0) is 17.8 Å². The number of nitrogens with zero attached hydrogens (tertiary/aromatic N) is 4. The van der Waals surface area contributed by atoms with Crippen molar-refractivity contribution in [3.05, 3.63) is 71.8 Å². The molecule has 0 aliphatic heterocycles. The fraction of sp³-hybridized carbons (Fsp3) is 0.182. The molecule has 31 heavy (non-hydrogen) atoms. The largest absolute Gasteiger partial charge is 0.493 e. The third-order valence-corrected chi connectivity index (χ3v) is 5.57. The molecule has 1 amide bonds. The molecule has 2 aromatic carbocycles. The molecule has 4 aromatic rings. The van der Waals surface area contributed by atoms with E-state index < -0.39 is 0 Å². The molecule has 0 aliphatic carbocycles. The summed E-state index contributed by atoms with van der Waals surface area (Å²) < 4.78 is 12.3. The second kappa shape index (κ2) is 9.40. The molecule has 4 rings (SSSR count). The molecule has 0 atom stereocenters. The van der Waals surface area contributed by atoms with Crippen LogP contribution in [0.2, 0.25) is 0 Å². The number of carbonyl (C=O) groups is 1. The Bertz CT molecular complexity index is 1160. The number of rotatable bonds is 8. The van der Waals surface area contributed by atoms with Crippen molar-refractivity contribution in [2.45, 2.75) is 13.0 Å². The summed E-state index contributed by atoms with van der Waals surface area (Å²) in [5, 5.41) is 9.76. The Morgan fingerprint density at radius 3 is 2.61 bits per heavy atom. The van der Waals surface area contributed by atoms with Crippen LogP contribution in [0.1, 0.15) is 11.3 Å². The average molecular weight is 436 g/mol. The minimum atomic E-state index is -0.0792. The van der Waals surface area contributed by atoms with E-state index in [0.717, 1.165) is 27.5 Å². The van der Waals surface area contributed by atoms with Gasteiger partial charge in [0.2, 0.25) is 5.91 Å². The van der Waals surface area contributed by atoms with Gasteiger partial charge in [0.05, 0.1) is 32.0 Å². The lowest BCUT2D eigenvalue weighted by Gasteiger charge is -2.08. The molecule has 0 unspecified atom stereocenters. The highest BCUT2D eigenvalue weighted by molar-refractivity contribution is 7.13. The van der Waals surface area contributed by atoms with Gasteiger partial charge in [0, 0.05) is 17.5 Å². The van der Waals surface area contributed by atoms with Gasteiger partial charge in [-0.2, -0.15) is 5.10 Å². The Balaban J connectivity index is 1.34. The number of benzene rings is 2. The van der Waals surface area contributed by atoms with Crippen molar-refractivity contribution in [3.63, 3.8) is 0 Å². The topological polar surface area (TPSA) is 91.2 Å². The van der Waals surface area contributed by atoms with E-state index in [1.165, 1.54) is 17.7 Å². The summed E-state index contributed by atoms with van der Waals surface area (Å²) in [5.41, 5.74) is 3.56. The lowest BCUT2D eigenvalue weighted by atomic mass is 10.2. The van der Waals surface area contributed by atoms with E-state index in [0.29, 0.717) is 18.0 Å². The van der Waals surface area contributed by atoms with Crippen molar-refractivity contribution in [1.29, 1.82) is 0 Å². The predicted molar refractivity (Wildman–Crippen MR) is 118 cm³/mol. The van der Waals surface area contributed by atoms with E-state index in [-0.39, 0.29) is 12.3 Å². The van der Waals surface area contributed by atoms with E-state index in [4.69, 9.17) is 9.47 Å². The van der Waals surface area contributed by atoms with Gasteiger partial charge < -0.3 is 14.8 Å². The number of hydrogen-bond donors (Lipinski definition) is 1. The molecule has 0 fully saturated rings. The van der Waals surface area contributed by atoms with Gasteiger partial charge in [0.25, 0.3) is 0 Å². The Kier molecular flexibility index (Phi) is 6.23. The molecule has 158 valence electrons. The molecule has 0 saturated carbocycles. The highest BCUT2D eigenvalue weighted by atomic mass is 32.1. The first kappa shape index (κ1) is 20.5. The number of amides is 1. The first-order valence-electron chi connectivity index (χ1n) is 9.53. The minimum Gasteiger partial charge on any atom is -0.493 e. The van der Waals surface area contributed by atoms with Crippen molar-refractivity contribution in [2.24, 2.45) is 0 Å². The summed E-state index contributed by atoms with van der Waals surface area (Å²) in [6.07, 6.45) is 3.35. The zero-order valence-electron chi connectivity index (χ0n) is 17.1. The van der Waals surface area contributed by atoms with Gasteiger partial charge in [-0.15, -0.1) is 11.3 Å². The molecule has 0 radical (unpaired) electrons. The van der Waals surface area contributed by atoms with Crippen molar-refractivity contribution in [1.82, 2.24) is 25.1 Å². The Labute approximate surface area is 183 Å². The van der Waals surface area contributed by atoms with Gasteiger partial charge in [-0.25, -0.2) is 14.6 Å². The van der Waals surface area contributed by atoms with Crippen LogP contribution in [0.4, 0.5) is 0 Å². The Hall–Kier alpha value is -3.72. The van der Waals surface area contributed by atoms with Crippen LogP contribution in [0, 0.1) is 0 Å². The van der Waals surface area contributed by atoms with Crippen molar-refractivity contribution < 1.29 is 14.3 Å². The number of ether oxygens (including phenoxy) is 2. The average Bonchev–Trinajstić information content (AvgIpc) is 3.50. The zero-order valence-corrected chi connectivity index (χ0v) is 17.9. The smallest absolute Gasteiger partial charge is 0.226 e. The second-order valence-corrected chi connectivity index (χ2v) is 7.53. The molecular weight excluding hydrogens is 414 g/mol. The molecule has 2 heterocycles. The van der Waals surface area contributed by atoms with E-state index in [1.807, 2.05) is 47.8 Å². The van der Waals surface area contributed by atoms with Crippen LogP contribution in [0.25, 0.3) is 16.3 Å². The first-order chi connectivity index (χ1) is 15.2. The lowest BCUT2D eigenvalue weighted by Crippen LogP contribution is -2.24. The zero-order chi connectivity index (χ0) is 21.6. The van der Waals surface area contributed by atoms with Gasteiger partial charge in [-0.05, 0) is 35.9 Å². The number of carbonyl (C=O) groups excluding carboxylic acids is 1. The van der Waals surface area contributed by atoms with Crippen LogP contribution in [0.15, 0.2) is 60.5 Å². The van der Waals surface area contributed by atoms with Gasteiger partial charge in [0.15, 0.2) is 11.5 Å². The quantitative estimate of drug-likeness (QED) is 0.457. The third-order valence-electron chi connectivity index (χ3n) is 4.63. The van der Waals surface area contributed by atoms with E-state index >= 15 is 0 Å². The fourth-order valence-corrected chi connectivity index (χ4v) is 3.84. The van der Waals surface area contributed by atoms with E-state index in [2.05, 4.69) is 20.4 Å². The monoisotopic (exact) mass is 435 g/mol. The molecule has 0 aliphatic rings. The Morgan fingerprint density at radius 2 is 1.90 bits per heavy atom. The maximum absolute atomic E-state index is 12.4. The summed E-state index contributed by atoms with van der Waals surface area (Å²) in [7, 11) is 3.20. The molecule has 8 nitrogen and oxygen atoms in total. The molecule has 9 heteroatoms. The maximum Gasteiger partial charge on any atom is 0.226 e. The molecule has 0 saturated heterocycles. The van der Waals surface area contributed by atoms with Crippen molar-refractivity contribution in [2.75, 3.05) is 14.2 Å². The molecule has 0 spiro atoms. The SMILES string of the molecule is COc1ccc(-c2nc(CC(=O)NCc3ccc(-n4cncn4)cc3)cs2)cc1OC. The summed E-state index contributed by atoms with van der Waals surface area (Å²) in [6, 6.07) is 13.4. The maximum atomic E-state index is 12.4. The van der Waals surface area contributed by atoms with Crippen LogP contribution in [0.5, 0.6) is 11.5 Å². The fourth-order valence-electron chi connectivity index (χ4n) is 3.03. The Morgan fingerprint density at radius 1 is 1.10 bits per heavy atom. The lowest BCUT2D eigenvalue weighted by molar-refractivity contribution is -0.120. The summed E-state index contributed by atoms with van der Waals surface area (Å²) in [4.78, 5) is 20.9. The second-order valence-electron chi connectivity index (χ2n) is 6.67. The van der Waals surface area contributed by atoms with Gasteiger partial charge in [0.1, 0.15) is 17.7 Å². The number of hydrogen-bond acceptors (Lipinski definition) is 7. The van der Waals surface area contributed by atoms with Crippen LogP contribution in [0.3, 0.4) is 0 Å². The standard InChI is InChI=1S/C22H21N5O3S/c1-29-19-8-5-16(9-20(19)30-2)22-26-17(12-31-22)10-21(28)24-11-15-3-6-18(7-4-15)27-14-23-13-25-27/h3-9,12-14H,10-11H2,1-2H3,(H,24,28). The normalized spacial score (nSPS) is 10.6. The first-order valence-corrected chi connectivity index (χ1v) is 10.4. The number of thiazole rings is 1. The summed E-state index contributed by atoms with van der Waals surface area (Å²) >= 11 is 1.49. The van der Waals surface area contributed by atoms with Crippen LogP contribution >= 0.6 is 11.3 Å². The molecule has 2 aromatic heterocycles. The predicted octanol–water partition coefficient (Wildman–Crippen LogP) is 3.27.